The number of nitrogens with two attached hydrogens (primary N) is 1. The molecule has 0 aliphatic rings. The number of aromatic nitrogens is 2. The lowest BCUT2D eigenvalue weighted by Crippen LogP contribution is -2.04. The van der Waals surface area contributed by atoms with Gasteiger partial charge in [-0.25, -0.2) is 0 Å². The van der Waals surface area contributed by atoms with Gasteiger partial charge in [0, 0.05) is 0 Å². The van der Waals surface area contributed by atoms with Crippen LogP contribution in [0.3, 0.4) is 0 Å². The fraction of sp³-hybridized carbons (Fsp3) is 0.750. The van der Waals surface area contributed by atoms with E-state index in [-0.39, 0.29) is 12.1 Å². The van der Waals surface area contributed by atoms with Gasteiger partial charge in [-0.3, -0.25) is 0 Å². The second kappa shape index (κ2) is 4.34. The summed E-state index contributed by atoms with van der Waals surface area (Å²) in [6, 6.07) is -0.222. The molecule has 0 spiro atoms. The Labute approximate surface area is 77.3 Å². The standard InChI is InChI=1S/C8H15N3O2/c1-5(2)12-4-7-10-11-8(13-7)6(3)9/h5-6H,4,9H2,1-3H3/t6-/m1/s1. The first-order valence-corrected chi connectivity index (χ1v) is 4.29. The molecule has 1 aromatic heterocycles. The summed E-state index contributed by atoms with van der Waals surface area (Å²) < 4.78 is 10.5. The summed E-state index contributed by atoms with van der Waals surface area (Å²) >= 11 is 0. The molecule has 0 bridgehead atoms. The third-order valence-corrected chi connectivity index (χ3v) is 1.41. The molecule has 74 valence electrons. The van der Waals surface area contributed by atoms with E-state index < -0.39 is 0 Å². The first kappa shape index (κ1) is 10.1. The molecule has 2 N–H and O–H groups in total. The van der Waals surface area contributed by atoms with Crippen LogP contribution in [0.4, 0.5) is 0 Å². The molecule has 0 unspecified atom stereocenters. The molecule has 13 heavy (non-hydrogen) atoms. The molecule has 0 saturated carbocycles. The first-order valence-electron chi connectivity index (χ1n) is 4.29. The van der Waals surface area contributed by atoms with Crippen molar-refractivity contribution in [2.75, 3.05) is 0 Å². The molecular formula is C8H15N3O2. The van der Waals surface area contributed by atoms with Crippen molar-refractivity contribution in [3.05, 3.63) is 11.8 Å². The molecule has 1 rings (SSSR count). The van der Waals surface area contributed by atoms with Crippen LogP contribution in [0.25, 0.3) is 0 Å². The summed E-state index contributed by atoms with van der Waals surface area (Å²) in [6.45, 7) is 6.03. The summed E-state index contributed by atoms with van der Waals surface area (Å²) in [4.78, 5) is 0. The molecule has 0 aliphatic carbocycles. The van der Waals surface area contributed by atoms with Gasteiger partial charge < -0.3 is 14.9 Å². The Hall–Kier alpha value is -0.940. The highest BCUT2D eigenvalue weighted by Gasteiger charge is 2.09. The largest absolute Gasteiger partial charge is 0.421 e. The monoisotopic (exact) mass is 185 g/mol. The van der Waals surface area contributed by atoms with Crippen molar-refractivity contribution in [2.24, 2.45) is 5.73 Å². The van der Waals surface area contributed by atoms with E-state index in [0.29, 0.717) is 18.4 Å². The smallest absolute Gasteiger partial charge is 0.242 e. The average molecular weight is 185 g/mol. The van der Waals surface area contributed by atoms with Gasteiger partial charge in [0.05, 0.1) is 12.1 Å². The van der Waals surface area contributed by atoms with Crippen molar-refractivity contribution in [1.82, 2.24) is 10.2 Å². The topological polar surface area (TPSA) is 74.2 Å². The fourth-order valence-corrected chi connectivity index (χ4v) is 0.747. The summed E-state index contributed by atoms with van der Waals surface area (Å²) in [5.74, 6) is 0.920. The minimum Gasteiger partial charge on any atom is -0.421 e. The fourth-order valence-electron chi connectivity index (χ4n) is 0.747. The molecule has 5 nitrogen and oxygen atoms in total. The maximum atomic E-state index is 5.55. The predicted molar refractivity (Wildman–Crippen MR) is 46.8 cm³/mol. The van der Waals surface area contributed by atoms with Crippen LogP contribution >= 0.6 is 0 Å². The molecule has 5 heteroatoms. The number of hydrogen-bond donors (Lipinski definition) is 1. The van der Waals surface area contributed by atoms with E-state index in [1.807, 2.05) is 13.8 Å². The third-order valence-electron chi connectivity index (χ3n) is 1.41. The van der Waals surface area contributed by atoms with Gasteiger partial charge in [0.2, 0.25) is 11.8 Å². The van der Waals surface area contributed by atoms with Crippen molar-refractivity contribution >= 4 is 0 Å². The Morgan fingerprint density at radius 1 is 1.38 bits per heavy atom. The Kier molecular flexibility index (Phi) is 3.39. The number of hydrogen-bond acceptors (Lipinski definition) is 5. The maximum absolute atomic E-state index is 5.55. The zero-order valence-corrected chi connectivity index (χ0v) is 8.15. The van der Waals surface area contributed by atoms with Crippen LogP contribution in [0, 0.1) is 0 Å². The van der Waals surface area contributed by atoms with Gasteiger partial charge in [0.25, 0.3) is 0 Å². The Bertz CT molecular complexity index is 258. The maximum Gasteiger partial charge on any atom is 0.242 e. The van der Waals surface area contributed by atoms with E-state index in [0.717, 1.165) is 0 Å². The zero-order chi connectivity index (χ0) is 9.84. The van der Waals surface area contributed by atoms with E-state index in [1.165, 1.54) is 0 Å². The van der Waals surface area contributed by atoms with Gasteiger partial charge in [-0.05, 0) is 20.8 Å². The van der Waals surface area contributed by atoms with E-state index in [1.54, 1.807) is 6.92 Å². The lowest BCUT2D eigenvalue weighted by Gasteiger charge is -2.02. The van der Waals surface area contributed by atoms with E-state index in [9.17, 15) is 0 Å². The summed E-state index contributed by atoms with van der Waals surface area (Å²) in [6.07, 6.45) is 0.158. The second-order valence-electron chi connectivity index (χ2n) is 3.18. The van der Waals surface area contributed by atoms with Crippen molar-refractivity contribution < 1.29 is 9.15 Å². The molecule has 1 aromatic rings. The van der Waals surface area contributed by atoms with E-state index in [4.69, 9.17) is 14.9 Å². The summed E-state index contributed by atoms with van der Waals surface area (Å²) in [7, 11) is 0. The quantitative estimate of drug-likeness (QED) is 0.757. The van der Waals surface area contributed by atoms with Crippen LogP contribution in [0.5, 0.6) is 0 Å². The van der Waals surface area contributed by atoms with Crippen LogP contribution in [0.1, 0.15) is 38.6 Å². The highest BCUT2D eigenvalue weighted by atomic mass is 16.5. The molecular weight excluding hydrogens is 170 g/mol. The van der Waals surface area contributed by atoms with Crippen molar-refractivity contribution in [2.45, 2.75) is 39.5 Å². The first-order chi connectivity index (χ1) is 6.09. The lowest BCUT2D eigenvalue weighted by atomic mass is 10.4. The molecule has 1 atom stereocenters. The highest BCUT2D eigenvalue weighted by Crippen LogP contribution is 2.08. The van der Waals surface area contributed by atoms with Crippen molar-refractivity contribution in [3.63, 3.8) is 0 Å². The van der Waals surface area contributed by atoms with Crippen molar-refractivity contribution in [1.29, 1.82) is 0 Å². The minimum absolute atomic E-state index is 0.158. The lowest BCUT2D eigenvalue weighted by molar-refractivity contribution is 0.0509. The van der Waals surface area contributed by atoms with Crippen LogP contribution in [0.15, 0.2) is 4.42 Å². The molecule has 1 heterocycles. The molecule has 0 aliphatic heterocycles. The Morgan fingerprint density at radius 2 is 2.08 bits per heavy atom. The highest BCUT2D eigenvalue weighted by molar-refractivity contribution is 4.85. The zero-order valence-electron chi connectivity index (χ0n) is 8.15. The van der Waals surface area contributed by atoms with Gasteiger partial charge in [-0.2, -0.15) is 0 Å². The second-order valence-corrected chi connectivity index (χ2v) is 3.18. The Morgan fingerprint density at radius 3 is 2.54 bits per heavy atom. The van der Waals surface area contributed by atoms with Gasteiger partial charge in [0.15, 0.2) is 0 Å². The average Bonchev–Trinajstić information content (AvgIpc) is 2.48. The number of nitrogens with zero attached hydrogens (tertiary/aromatic N) is 2. The molecule has 0 saturated heterocycles. The van der Waals surface area contributed by atoms with E-state index >= 15 is 0 Å². The van der Waals surface area contributed by atoms with Gasteiger partial charge >= 0.3 is 0 Å². The SMILES string of the molecule is CC(C)OCc1nnc([C@@H](C)N)o1. The van der Waals surface area contributed by atoms with Gasteiger partial charge in [-0.15, -0.1) is 10.2 Å². The van der Waals surface area contributed by atoms with Crippen LogP contribution in [0.2, 0.25) is 0 Å². The van der Waals surface area contributed by atoms with Crippen molar-refractivity contribution in [3.8, 4) is 0 Å². The van der Waals surface area contributed by atoms with Gasteiger partial charge in [0.1, 0.15) is 6.61 Å². The van der Waals surface area contributed by atoms with Crippen LogP contribution in [-0.4, -0.2) is 16.3 Å². The molecule has 0 radical (unpaired) electrons. The minimum atomic E-state index is -0.222. The molecule has 0 fully saturated rings. The number of ether oxygens (including phenoxy) is 1. The molecule has 0 aromatic carbocycles. The predicted octanol–water partition coefficient (Wildman–Crippen LogP) is 1.01. The molecule has 0 amide bonds. The third kappa shape index (κ3) is 3.12. The van der Waals surface area contributed by atoms with Crippen LogP contribution in [-0.2, 0) is 11.3 Å². The summed E-state index contributed by atoms with van der Waals surface area (Å²) in [5, 5.41) is 7.56. The van der Waals surface area contributed by atoms with Crippen LogP contribution < -0.4 is 5.73 Å². The number of rotatable bonds is 4. The Balaban J connectivity index is 2.49. The van der Waals surface area contributed by atoms with E-state index in [2.05, 4.69) is 10.2 Å². The summed E-state index contributed by atoms with van der Waals surface area (Å²) in [5.41, 5.74) is 5.55. The normalized spacial score (nSPS) is 13.6. The van der Waals surface area contributed by atoms with Gasteiger partial charge in [-0.1, -0.05) is 0 Å².